The summed E-state index contributed by atoms with van der Waals surface area (Å²) in [6, 6.07) is 22.3. The van der Waals surface area contributed by atoms with Crippen molar-refractivity contribution in [2.24, 2.45) is 0 Å². The molecule has 0 saturated heterocycles. The Bertz CT molecular complexity index is 1220. The van der Waals surface area contributed by atoms with Gasteiger partial charge >= 0.3 is 0 Å². The fourth-order valence-electron chi connectivity index (χ4n) is 3.09. The van der Waals surface area contributed by atoms with Gasteiger partial charge < -0.3 is 14.6 Å². The number of phenolic OH excluding ortho intramolecular Hbond substituents is 1. The lowest BCUT2D eigenvalue weighted by Crippen LogP contribution is -2.00. The summed E-state index contributed by atoms with van der Waals surface area (Å²) in [6.45, 7) is 0. The summed E-state index contributed by atoms with van der Waals surface area (Å²) in [5.41, 5.74) is 2.31. The van der Waals surface area contributed by atoms with Gasteiger partial charge in [0.25, 0.3) is 0 Å². The summed E-state index contributed by atoms with van der Waals surface area (Å²) >= 11 is 0. The van der Waals surface area contributed by atoms with Crippen molar-refractivity contribution in [1.29, 1.82) is 0 Å². The molecule has 0 unspecified atom stereocenters. The van der Waals surface area contributed by atoms with E-state index in [-0.39, 0.29) is 5.75 Å². The van der Waals surface area contributed by atoms with Crippen molar-refractivity contribution in [1.82, 2.24) is 15.0 Å². The molecule has 0 radical (unpaired) electrons. The van der Waals surface area contributed by atoms with Gasteiger partial charge in [-0.15, -0.1) is 0 Å². The molecule has 0 aliphatic carbocycles. The van der Waals surface area contributed by atoms with Crippen LogP contribution >= 0.6 is 0 Å². The van der Waals surface area contributed by atoms with Crippen LogP contribution in [0.15, 0.2) is 72.8 Å². The number of aromatic nitrogens is 3. The molecule has 1 aromatic heterocycles. The monoisotopic (exact) mass is 411 g/mol. The lowest BCUT2D eigenvalue weighted by Gasteiger charge is -2.08. The lowest BCUT2D eigenvalue weighted by atomic mass is 10.1. The Morgan fingerprint density at radius 3 is 2.16 bits per heavy atom. The minimum atomic E-state index is 0.113. The zero-order valence-corrected chi connectivity index (χ0v) is 17.2. The molecule has 0 bridgehead atoms. The Hall–Kier alpha value is -4.19. The molecule has 154 valence electrons. The standard InChI is InChI=1S/C25H21N3O3/c1-30-21-14-12-17(16-22(21)31-2)13-15-23-26-24(18-8-4-3-5-9-18)28-25(27-23)19-10-6-7-11-20(19)29/h3-16,29H,1-2H3/b15-13+. The minimum absolute atomic E-state index is 0.113. The molecule has 31 heavy (non-hydrogen) atoms. The first kappa shape index (κ1) is 20.1. The highest BCUT2D eigenvalue weighted by molar-refractivity contribution is 5.72. The van der Waals surface area contributed by atoms with Crippen LogP contribution in [0.1, 0.15) is 11.4 Å². The first-order chi connectivity index (χ1) is 15.2. The maximum absolute atomic E-state index is 10.3. The summed E-state index contributed by atoms with van der Waals surface area (Å²) in [6.07, 6.45) is 3.69. The molecule has 0 aliphatic heterocycles. The van der Waals surface area contributed by atoms with Gasteiger partial charge in [-0.3, -0.25) is 0 Å². The largest absolute Gasteiger partial charge is 0.507 e. The molecule has 0 atom stereocenters. The van der Waals surface area contributed by atoms with Crippen molar-refractivity contribution < 1.29 is 14.6 Å². The van der Waals surface area contributed by atoms with E-state index in [4.69, 9.17) is 9.47 Å². The first-order valence-electron chi connectivity index (χ1n) is 9.68. The second-order valence-corrected chi connectivity index (χ2v) is 6.67. The number of methoxy groups -OCH3 is 2. The van der Waals surface area contributed by atoms with Gasteiger partial charge in [-0.2, -0.15) is 0 Å². The second-order valence-electron chi connectivity index (χ2n) is 6.67. The van der Waals surface area contributed by atoms with Crippen LogP contribution in [0.2, 0.25) is 0 Å². The van der Waals surface area contributed by atoms with Crippen LogP contribution in [0.4, 0.5) is 0 Å². The van der Waals surface area contributed by atoms with Gasteiger partial charge in [0.2, 0.25) is 0 Å². The zero-order chi connectivity index (χ0) is 21.6. The maximum atomic E-state index is 10.3. The second kappa shape index (κ2) is 9.09. The summed E-state index contributed by atoms with van der Waals surface area (Å²) < 4.78 is 10.7. The first-order valence-corrected chi connectivity index (χ1v) is 9.68. The number of ether oxygens (including phenoxy) is 2. The molecule has 1 heterocycles. The van der Waals surface area contributed by atoms with Gasteiger partial charge in [-0.1, -0.05) is 54.6 Å². The zero-order valence-electron chi connectivity index (χ0n) is 17.2. The van der Waals surface area contributed by atoms with E-state index in [9.17, 15) is 5.11 Å². The molecule has 0 saturated carbocycles. The van der Waals surface area contributed by atoms with E-state index in [1.807, 2.05) is 60.7 Å². The molecule has 6 heteroatoms. The quantitative estimate of drug-likeness (QED) is 0.476. The van der Waals surface area contributed by atoms with Crippen molar-refractivity contribution in [2.75, 3.05) is 14.2 Å². The molecule has 4 aromatic rings. The molecule has 3 aromatic carbocycles. The van der Waals surface area contributed by atoms with Crippen LogP contribution < -0.4 is 9.47 Å². The topological polar surface area (TPSA) is 77.4 Å². The highest BCUT2D eigenvalue weighted by atomic mass is 16.5. The summed E-state index contributed by atoms with van der Waals surface area (Å²) in [7, 11) is 3.20. The summed E-state index contributed by atoms with van der Waals surface area (Å²) in [5, 5.41) is 10.3. The number of benzene rings is 3. The highest BCUT2D eigenvalue weighted by Gasteiger charge is 2.12. The van der Waals surface area contributed by atoms with Gasteiger partial charge in [-0.25, -0.2) is 15.0 Å². The molecule has 4 rings (SSSR count). The van der Waals surface area contributed by atoms with E-state index in [1.165, 1.54) is 0 Å². The molecular formula is C25H21N3O3. The Morgan fingerprint density at radius 1 is 0.710 bits per heavy atom. The van der Waals surface area contributed by atoms with Crippen LogP contribution in [0.25, 0.3) is 34.9 Å². The summed E-state index contributed by atoms with van der Waals surface area (Å²) in [5.74, 6) is 2.82. The number of hydrogen-bond donors (Lipinski definition) is 1. The molecule has 0 fully saturated rings. The number of rotatable bonds is 6. The molecule has 0 aliphatic rings. The fourth-order valence-corrected chi connectivity index (χ4v) is 3.09. The van der Waals surface area contributed by atoms with E-state index in [2.05, 4.69) is 15.0 Å². The van der Waals surface area contributed by atoms with E-state index < -0.39 is 0 Å². The van der Waals surface area contributed by atoms with Gasteiger partial charge in [0.05, 0.1) is 19.8 Å². The number of hydrogen-bond acceptors (Lipinski definition) is 6. The number of nitrogens with zero attached hydrogens (tertiary/aromatic N) is 3. The van der Waals surface area contributed by atoms with E-state index in [0.29, 0.717) is 34.5 Å². The van der Waals surface area contributed by atoms with Gasteiger partial charge in [0, 0.05) is 5.56 Å². The number of phenols is 1. The normalized spacial score (nSPS) is 10.9. The average molecular weight is 411 g/mol. The SMILES string of the molecule is COc1ccc(/C=C/c2nc(-c3ccccc3)nc(-c3ccccc3O)n2)cc1OC. The van der Waals surface area contributed by atoms with Crippen LogP contribution in [-0.2, 0) is 0 Å². The Balaban J connectivity index is 1.77. The van der Waals surface area contributed by atoms with Crippen molar-refractivity contribution in [2.45, 2.75) is 0 Å². The van der Waals surface area contributed by atoms with E-state index in [1.54, 1.807) is 38.5 Å². The van der Waals surface area contributed by atoms with Crippen molar-refractivity contribution in [3.05, 3.63) is 84.2 Å². The number of aromatic hydroxyl groups is 1. The van der Waals surface area contributed by atoms with E-state index >= 15 is 0 Å². The van der Waals surface area contributed by atoms with E-state index in [0.717, 1.165) is 11.1 Å². The fraction of sp³-hybridized carbons (Fsp3) is 0.0800. The third-order valence-corrected chi connectivity index (χ3v) is 4.66. The highest BCUT2D eigenvalue weighted by Crippen LogP contribution is 2.29. The Kier molecular flexibility index (Phi) is 5.89. The Labute approximate surface area is 180 Å². The average Bonchev–Trinajstić information content (AvgIpc) is 2.83. The third kappa shape index (κ3) is 4.53. The van der Waals surface area contributed by atoms with Gasteiger partial charge in [-0.05, 0) is 35.9 Å². The van der Waals surface area contributed by atoms with Crippen LogP contribution in [-0.4, -0.2) is 34.3 Å². The molecule has 6 nitrogen and oxygen atoms in total. The van der Waals surface area contributed by atoms with Gasteiger partial charge in [0.1, 0.15) is 5.75 Å². The molecule has 1 N–H and O–H groups in total. The van der Waals surface area contributed by atoms with Crippen molar-refractivity contribution in [3.8, 4) is 40.0 Å². The molecule has 0 amide bonds. The number of para-hydroxylation sites is 1. The third-order valence-electron chi connectivity index (χ3n) is 4.66. The molecular weight excluding hydrogens is 390 g/mol. The van der Waals surface area contributed by atoms with Crippen LogP contribution in [0, 0.1) is 0 Å². The van der Waals surface area contributed by atoms with Crippen LogP contribution in [0.5, 0.6) is 17.2 Å². The van der Waals surface area contributed by atoms with Crippen LogP contribution in [0.3, 0.4) is 0 Å². The maximum Gasteiger partial charge on any atom is 0.167 e. The van der Waals surface area contributed by atoms with Crippen molar-refractivity contribution >= 4 is 12.2 Å². The predicted molar refractivity (Wildman–Crippen MR) is 121 cm³/mol. The predicted octanol–water partition coefficient (Wildman–Crippen LogP) is 5.10. The van der Waals surface area contributed by atoms with Crippen molar-refractivity contribution in [3.63, 3.8) is 0 Å². The summed E-state index contributed by atoms with van der Waals surface area (Å²) in [4.78, 5) is 13.7. The smallest absolute Gasteiger partial charge is 0.167 e. The molecule has 0 spiro atoms. The van der Waals surface area contributed by atoms with Gasteiger partial charge in [0.15, 0.2) is 29.0 Å². The Morgan fingerprint density at radius 2 is 1.42 bits per heavy atom. The lowest BCUT2D eigenvalue weighted by molar-refractivity contribution is 0.355. The minimum Gasteiger partial charge on any atom is -0.507 e.